The maximum atomic E-state index is 12.8. The van der Waals surface area contributed by atoms with Crippen LogP contribution in [0.3, 0.4) is 0 Å². The Labute approximate surface area is 174 Å². The lowest BCUT2D eigenvalue weighted by atomic mass is 10.0. The topological polar surface area (TPSA) is 114 Å². The van der Waals surface area contributed by atoms with Crippen molar-refractivity contribution in [3.8, 4) is 0 Å². The number of alkyl carbamates (subject to hydrolysis) is 1. The molecule has 1 aromatic carbocycles. The predicted molar refractivity (Wildman–Crippen MR) is 104 cm³/mol. The standard InChI is InChI=1S/C21H25N3O6/c1-12-2-5-15(30-12)11-29-21(28)22-9-13-3-4-14-10-24(20(27)16(14)8-13)17-6-7-18(25)23-19(17)26/h3-4,8,12,15,17H,2,5-7,9-11H2,1H3,(H,22,28)(H,23,25,26)/t12-,15-,17?/m1/s1. The molecule has 9 heteroatoms. The minimum atomic E-state index is -0.639. The molecule has 9 nitrogen and oxygen atoms in total. The number of piperidine rings is 1. The van der Waals surface area contributed by atoms with Gasteiger partial charge in [0.05, 0.1) is 12.2 Å². The van der Waals surface area contributed by atoms with Crippen LogP contribution in [0.1, 0.15) is 54.1 Å². The van der Waals surface area contributed by atoms with Gasteiger partial charge in [0.25, 0.3) is 5.91 Å². The first-order valence-corrected chi connectivity index (χ1v) is 10.2. The molecule has 3 heterocycles. The van der Waals surface area contributed by atoms with E-state index >= 15 is 0 Å². The Hall–Kier alpha value is -2.94. The Balaban J connectivity index is 1.31. The number of hydrogen-bond acceptors (Lipinski definition) is 6. The highest BCUT2D eigenvalue weighted by atomic mass is 16.6. The fourth-order valence-corrected chi connectivity index (χ4v) is 4.11. The maximum Gasteiger partial charge on any atom is 0.407 e. The molecule has 4 rings (SSSR count). The zero-order valence-electron chi connectivity index (χ0n) is 16.8. The zero-order valence-corrected chi connectivity index (χ0v) is 16.8. The molecule has 2 N–H and O–H groups in total. The van der Waals surface area contributed by atoms with E-state index in [1.165, 1.54) is 4.90 Å². The van der Waals surface area contributed by atoms with E-state index in [0.29, 0.717) is 18.5 Å². The van der Waals surface area contributed by atoms with Gasteiger partial charge in [0.2, 0.25) is 11.8 Å². The number of imide groups is 1. The summed E-state index contributed by atoms with van der Waals surface area (Å²) < 4.78 is 10.8. The van der Waals surface area contributed by atoms with Crippen LogP contribution in [0.5, 0.6) is 0 Å². The van der Waals surface area contributed by atoms with Gasteiger partial charge in [0, 0.05) is 25.1 Å². The van der Waals surface area contributed by atoms with Gasteiger partial charge in [-0.05, 0) is 43.4 Å². The number of nitrogens with one attached hydrogen (secondary N) is 2. The van der Waals surface area contributed by atoms with Crippen LogP contribution < -0.4 is 10.6 Å². The monoisotopic (exact) mass is 415 g/mol. The molecule has 3 aliphatic heterocycles. The smallest absolute Gasteiger partial charge is 0.407 e. The van der Waals surface area contributed by atoms with Gasteiger partial charge in [-0.2, -0.15) is 0 Å². The van der Waals surface area contributed by atoms with Crippen molar-refractivity contribution in [1.29, 1.82) is 0 Å². The zero-order chi connectivity index (χ0) is 21.3. The van der Waals surface area contributed by atoms with Crippen LogP contribution in [0.4, 0.5) is 4.79 Å². The molecular weight excluding hydrogens is 390 g/mol. The number of amides is 4. The van der Waals surface area contributed by atoms with Crippen LogP contribution in [0.25, 0.3) is 0 Å². The van der Waals surface area contributed by atoms with Gasteiger partial charge in [0.15, 0.2) is 0 Å². The largest absolute Gasteiger partial charge is 0.447 e. The highest BCUT2D eigenvalue weighted by molar-refractivity contribution is 6.05. The fraction of sp³-hybridized carbons (Fsp3) is 0.524. The van der Waals surface area contributed by atoms with Gasteiger partial charge in [-0.3, -0.25) is 19.7 Å². The molecule has 30 heavy (non-hydrogen) atoms. The summed E-state index contributed by atoms with van der Waals surface area (Å²) in [5.74, 6) is -0.983. The molecule has 160 valence electrons. The molecule has 1 aromatic rings. The average Bonchev–Trinajstić information content (AvgIpc) is 3.28. The van der Waals surface area contributed by atoms with E-state index in [9.17, 15) is 19.2 Å². The number of nitrogens with zero attached hydrogens (tertiary/aromatic N) is 1. The predicted octanol–water partition coefficient (Wildman–Crippen LogP) is 1.24. The first-order valence-electron chi connectivity index (χ1n) is 10.2. The van der Waals surface area contributed by atoms with Crippen molar-refractivity contribution in [3.63, 3.8) is 0 Å². The van der Waals surface area contributed by atoms with E-state index in [1.807, 2.05) is 19.1 Å². The van der Waals surface area contributed by atoms with Gasteiger partial charge in [-0.25, -0.2) is 4.79 Å². The normalized spacial score (nSPS) is 25.8. The van der Waals surface area contributed by atoms with E-state index in [2.05, 4.69) is 10.6 Å². The number of ether oxygens (including phenoxy) is 2. The number of carbonyl (C=O) groups is 4. The second-order valence-corrected chi connectivity index (χ2v) is 7.99. The Morgan fingerprint density at radius 3 is 2.83 bits per heavy atom. The molecular formula is C21H25N3O6. The number of hydrogen-bond donors (Lipinski definition) is 2. The summed E-state index contributed by atoms with van der Waals surface area (Å²) in [6.07, 6.45) is 2.01. The third-order valence-corrected chi connectivity index (χ3v) is 5.75. The third kappa shape index (κ3) is 4.30. The van der Waals surface area contributed by atoms with E-state index in [1.54, 1.807) is 6.07 Å². The molecule has 2 saturated heterocycles. The van der Waals surface area contributed by atoms with Crippen LogP contribution >= 0.6 is 0 Å². The van der Waals surface area contributed by atoms with Crippen molar-refractivity contribution in [2.24, 2.45) is 0 Å². The molecule has 0 saturated carbocycles. The van der Waals surface area contributed by atoms with Gasteiger partial charge in [-0.1, -0.05) is 12.1 Å². The van der Waals surface area contributed by atoms with Crippen molar-refractivity contribution in [3.05, 3.63) is 34.9 Å². The van der Waals surface area contributed by atoms with Crippen LogP contribution in [-0.2, 0) is 32.2 Å². The lowest BCUT2D eigenvalue weighted by molar-refractivity contribution is -0.136. The lowest BCUT2D eigenvalue weighted by Crippen LogP contribution is -2.52. The van der Waals surface area contributed by atoms with Crippen LogP contribution in [0, 0.1) is 0 Å². The third-order valence-electron chi connectivity index (χ3n) is 5.75. The van der Waals surface area contributed by atoms with Crippen LogP contribution in [0.15, 0.2) is 18.2 Å². The fourth-order valence-electron chi connectivity index (χ4n) is 4.11. The van der Waals surface area contributed by atoms with Gasteiger partial charge in [-0.15, -0.1) is 0 Å². The molecule has 0 aliphatic carbocycles. The van der Waals surface area contributed by atoms with Gasteiger partial charge < -0.3 is 19.7 Å². The van der Waals surface area contributed by atoms with E-state index in [0.717, 1.165) is 24.0 Å². The molecule has 0 aromatic heterocycles. The summed E-state index contributed by atoms with van der Waals surface area (Å²) in [6.45, 7) is 2.77. The number of carbonyl (C=O) groups excluding carboxylic acids is 4. The summed E-state index contributed by atoms with van der Waals surface area (Å²) in [5.41, 5.74) is 2.10. The molecule has 0 spiro atoms. The SMILES string of the molecule is C[C@@H]1CC[C@H](COC(=O)NCc2ccc3c(c2)C(=O)N(C2CCC(=O)NC2=O)C3)O1. The first-order chi connectivity index (χ1) is 14.4. The highest BCUT2D eigenvalue weighted by Gasteiger charge is 2.39. The summed E-state index contributed by atoms with van der Waals surface area (Å²) >= 11 is 0. The van der Waals surface area contributed by atoms with Crippen molar-refractivity contribution in [2.75, 3.05) is 6.61 Å². The van der Waals surface area contributed by atoms with Gasteiger partial charge >= 0.3 is 6.09 Å². The van der Waals surface area contributed by atoms with Crippen molar-refractivity contribution < 1.29 is 28.7 Å². The second kappa shape index (κ2) is 8.43. The summed E-state index contributed by atoms with van der Waals surface area (Å²) in [5, 5.41) is 4.97. The molecule has 0 radical (unpaired) electrons. The average molecular weight is 415 g/mol. The Bertz CT molecular complexity index is 885. The quantitative estimate of drug-likeness (QED) is 0.700. The van der Waals surface area contributed by atoms with E-state index in [4.69, 9.17) is 9.47 Å². The minimum Gasteiger partial charge on any atom is -0.447 e. The maximum absolute atomic E-state index is 12.8. The summed E-state index contributed by atoms with van der Waals surface area (Å²) in [7, 11) is 0. The second-order valence-electron chi connectivity index (χ2n) is 7.99. The molecule has 2 fully saturated rings. The highest BCUT2D eigenvalue weighted by Crippen LogP contribution is 2.28. The number of rotatable bonds is 5. The summed E-state index contributed by atoms with van der Waals surface area (Å²) in [4.78, 5) is 49.7. The van der Waals surface area contributed by atoms with Crippen molar-refractivity contribution in [1.82, 2.24) is 15.5 Å². The summed E-state index contributed by atoms with van der Waals surface area (Å²) in [6, 6.07) is 4.75. The molecule has 3 aliphatic rings. The molecule has 0 bridgehead atoms. The Morgan fingerprint density at radius 1 is 1.27 bits per heavy atom. The van der Waals surface area contributed by atoms with E-state index in [-0.39, 0.29) is 43.6 Å². The number of benzene rings is 1. The Morgan fingerprint density at radius 2 is 2.10 bits per heavy atom. The van der Waals surface area contributed by atoms with Gasteiger partial charge in [0.1, 0.15) is 12.6 Å². The molecule has 1 unspecified atom stereocenters. The van der Waals surface area contributed by atoms with Crippen molar-refractivity contribution >= 4 is 23.8 Å². The van der Waals surface area contributed by atoms with Crippen molar-refractivity contribution in [2.45, 2.75) is 63.9 Å². The molecule has 3 atom stereocenters. The lowest BCUT2D eigenvalue weighted by Gasteiger charge is -2.29. The Kier molecular flexibility index (Phi) is 5.72. The number of fused-ring (bicyclic) bond motifs is 1. The first kappa shape index (κ1) is 20.3. The van der Waals surface area contributed by atoms with Crippen LogP contribution in [0.2, 0.25) is 0 Å². The molecule has 4 amide bonds. The van der Waals surface area contributed by atoms with E-state index < -0.39 is 18.0 Å². The van der Waals surface area contributed by atoms with Crippen LogP contribution in [-0.4, -0.2) is 53.6 Å². The minimum absolute atomic E-state index is 0.0540.